The van der Waals surface area contributed by atoms with E-state index in [2.05, 4.69) is 142 Å². The highest BCUT2D eigenvalue weighted by Crippen LogP contribution is 2.43. The first kappa shape index (κ1) is 71.4. The Hall–Kier alpha value is -4.64. The van der Waals surface area contributed by atoms with Crippen molar-refractivity contribution in [2.24, 2.45) is 0 Å². The number of phosphoric ester groups is 1. The zero-order chi connectivity index (χ0) is 55.5. The van der Waals surface area contributed by atoms with Crippen molar-refractivity contribution in [2.45, 2.75) is 213 Å². The Morgan fingerprint density at radius 2 is 0.724 bits per heavy atom. The number of unbranched alkanes of at least 4 members (excludes halogenated alkanes) is 10. The number of phosphoric acid groups is 1. The van der Waals surface area contributed by atoms with Crippen LogP contribution >= 0.6 is 7.82 Å². The average Bonchev–Trinajstić information content (AvgIpc) is 3.41. The number of ether oxygens (including phenoxy) is 3. The van der Waals surface area contributed by atoms with Crippen LogP contribution in [0.4, 0.5) is 0 Å². The molecule has 76 heavy (non-hydrogen) atoms. The number of aliphatic hydroxyl groups excluding tert-OH is 1. The molecule has 0 aromatic carbocycles. The molecule has 0 bridgehead atoms. The van der Waals surface area contributed by atoms with E-state index in [1.165, 1.54) is 25.7 Å². The number of hydrogen-bond acceptors (Lipinski definition) is 10. The van der Waals surface area contributed by atoms with Gasteiger partial charge in [0.15, 0.2) is 6.10 Å². The molecule has 0 saturated carbocycles. The average molecular weight is 1080 g/mol. The monoisotopic (exact) mass is 1080 g/mol. The molecule has 0 spiro atoms. The maximum atomic E-state index is 12.9. The van der Waals surface area contributed by atoms with E-state index in [4.69, 9.17) is 23.3 Å². The molecule has 0 rings (SSSR count). The molecule has 0 heterocycles. The van der Waals surface area contributed by atoms with Crippen LogP contribution in [0.15, 0.2) is 146 Å². The number of carbonyl (C=O) groups is 3. The molecule has 12 heteroatoms. The second-order valence-electron chi connectivity index (χ2n) is 18.3. The van der Waals surface area contributed by atoms with Gasteiger partial charge in [-0.2, -0.15) is 0 Å². The summed E-state index contributed by atoms with van der Waals surface area (Å²) >= 11 is 0. The van der Waals surface area contributed by atoms with Crippen molar-refractivity contribution in [2.75, 3.05) is 26.4 Å². The fraction of sp³-hybridized carbons (Fsp3) is 0.578. The summed E-state index contributed by atoms with van der Waals surface area (Å²) in [5.41, 5.74) is 0. The van der Waals surface area contributed by atoms with E-state index in [1.54, 1.807) is 0 Å². The predicted molar refractivity (Wildman–Crippen MR) is 316 cm³/mol. The summed E-state index contributed by atoms with van der Waals surface area (Å²) in [5.74, 6) is -1.66. The molecule has 0 aromatic heterocycles. The van der Waals surface area contributed by atoms with E-state index in [9.17, 15) is 28.9 Å². The van der Waals surface area contributed by atoms with Crippen LogP contribution in [0, 0.1) is 0 Å². The number of hydrogen-bond donors (Lipinski definition) is 2. The van der Waals surface area contributed by atoms with Crippen molar-refractivity contribution in [1.29, 1.82) is 0 Å². The normalized spacial score (nSPS) is 14.4. The largest absolute Gasteiger partial charge is 0.472 e. The number of rotatable bonds is 51. The lowest BCUT2D eigenvalue weighted by Crippen LogP contribution is -2.30. The van der Waals surface area contributed by atoms with Crippen LogP contribution in [0.1, 0.15) is 201 Å². The van der Waals surface area contributed by atoms with Gasteiger partial charge in [-0.1, -0.05) is 205 Å². The Balaban J connectivity index is 4.87. The van der Waals surface area contributed by atoms with Gasteiger partial charge in [-0.05, 0) is 122 Å². The Kier molecular flexibility index (Phi) is 53.1. The first-order valence-corrected chi connectivity index (χ1v) is 30.2. The molecule has 0 aromatic rings. The molecule has 428 valence electrons. The topological polar surface area (TPSA) is 155 Å². The fourth-order valence-electron chi connectivity index (χ4n) is 6.94. The van der Waals surface area contributed by atoms with Gasteiger partial charge in [-0.15, -0.1) is 0 Å². The Morgan fingerprint density at radius 3 is 1.16 bits per heavy atom. The maximum absolute atomic E-state index is 12.9. The van der Waals surface area contributed by atoms with E-state index in [0.29, 0.717) is 25.7 Å². The van der Waals surface area contributed by atoms with Crippen molar-refractivity contribution in [3.8, 4) is 0 Å². The van der Waals surface area contributed by atoms with E-state index >= 15 is 0 Å². The molecule has 0 aliphatic rings. The SMILES string of the molecule is CC/C=C\C/C=C\C/C=C\C/C=C\C/C=C\CCCC(=O)OC(CO)COP(=O)(O)OCC(COC(=O)CC/C=C\C/C=C\C/C=C\C/C=C\CC)OC(=O)CCCCCCCC/C=C\C/C=C\C/C=C\CCCCC. The Bertz CT molecular complexity index is 1830. The zero-order valence-corrected chi connectivity index (χ0v) is 48.0. The lowest BCUT2D eigenvalue weighted by Gasteiger charge is -2.21. The predicted octanol–water partition coefficient (Wildman–Crippen LogP) is 17.1. The van der Waals surface area contributed by atoms with E-state index in [-0.39, 0.29) is 19.3 Å². The van der Waals surface area contributed by atoms with E-state index in [0.717, 1.165) is 109 Å². The quantitative estimate of drug-likeness (QED) is 0.0197. The van der Waals surface area contributed by atoms with Gasteiger partial charge in [0.1, 0.15) is 12.7 Å². The minimum Gasteiger partial charge on any atom is -0.462 e. The minimum absolute atomic E-state index is 0.0850. The fourth-order valence-corrected chi connectivity index (χ4v) is 7.72. The molecule has 0 fully saturated rings. The number of esters is 3. The summed E-state index contributed by atoms with van der Waals surface area (Å²) in [6.45, 7) is 4.20. The van der Waals surface area contributed by atoms with Crippen LogP contribution in [0.25, 0.3) is 0 Å². The van der Waals surface area contributed by atoms with Crippen LogP contribution in [0.5, 0.6) is 0 Å². The summed E-state index contributed by atoms with van der Waals surface area (Å²) in [6.07, 6.45) is 72.6. The van der Waals surface area contributed by atoms with Crippen molar-refractivity contribution < 1.29 is 52.2 Å². The smallest absolute Gasteiger partial charge is 0.462 e. The molecule has 3 unspecified atom stereocenters. The molecule has 0 amide bonds. The van der Waals surface area contributed by atoms with Crippen LogP contribution in [0.2, 0.25) is 0 Å². The van der Waals surface area contributed by atoms with Gasteiger partial charge in [-0.25, -0.2) is 4.57 Å². The Morgan fingerprint density at radius 1 is 0.382 bits per heavy atom. The van der Waals surface area contributed by atoms with E-state index < -0.39 is 64.4 Å². The van der Waals surface area contributed by atoms with E-state index in [1.807, 2.05) is 24.3 Å². The van der Waals surface area contributed by atoms with Crippen molar-refractivity contribution in [1.82, 2.24) is 0 Å². The van der Waals surface area contributed by atoms with Crippen molar-refractivity contribution >= 4 is 25.7 Å². The highest BCUT2D eigenvalue weighted by molar-refractivity contribution is 7.47. The first-order valence-electron chi connectivity index (χ1n) is 28.7. The van der Waals surface area contributed by atoms with Gasteiger partial charge in [-0.3, -0.25) is 23.4 Å². The van der Waals surface area contributed by atoms with Crippen LogP contribution in [0.3, 0.4) is 0 Å². The molecule has 0 aliphatic carbocycles. The molecule has 0 aliphatic heterocycles. The minimum atomic E-state index is -4.79. The Labute approximate surface area is 461 Å². The molecule has 11 nitrogen and oxygen atoms in total. The van der Waals surface area contributed by atoms with Gasteiger partial charge >= 0.3 is 25.7 Å². The molecule has 0 saturated heterocycles. The number of allylic oxidation sites excluding steroid dienone is 24. The highest BCUT2D eigenvalue weighted by atomic mass is 31.2. The van der Waals surface area contributed by atoms with Gasteiger partial charge in [0.2, 0.25) is 0 Å². The molecule has 2 N–H and O–H groups in total. The zero-order valence-electron chi connectivity index (χ0n) is 47.2. The van der Waals surface area contributed by atoms with Gasteiger partial charge in [0, 0.05) is 19.3 Å². The summed E-state index contributed by atoms with van der Waals surface area (Å²) in [4.78, 5) is 48.5. The lowest BCUT2D eigenvalue weighted by atomic mass is 10.1. The summed E-state index contributed by atoms with van der Waals surface area (Å²) in [6, 6.07) is 0. The second kappa shape index (κ2) is 56.6. The molecule has 0 radical (unpaired) electrons. The molecular weight excluding hydrogens is 976 g/mol. The third-order valence-corrected chi connectivity index (χ3v) is 12.2. The molecular formula is C64H101O11P. The number of carbonyl (C=O) groups excluding carboxylic acids is 3. The highest BCUT2D eigenvalue weighted by Gasteiger charge is 2.28. The summed E-state index contributed by atoms with van der Waals surface area (Å²) in [7, 11) is -4.79. The first-order chi connectivity index (χ1) is 37.2. The van der Waals surface area contributed by atoms with Gasteiger partial charge in [0.05, 0.1) is 19.8 Å². The number of aliphatic hydroxyl groups is 1. The van der Waals surface area contributed by atoms with Gasteiger partial charge in [0.25, 0.3) is 0 Å². The molecule has 3 atom stereocenters. The summed E-state index contributed by atoms with van der Waals surface area (Å²) < 4.78 is 39.4. The van der Waals surface area contributed by atoms with Crippen LogP contribution < -0.4 is 0 Å². The lowest BCUT2D eigenvalue weighted by molar-refractivity contribution is -0.161. The maximum Gasteiger partial charge on any atom is 0.472 e. The van der Waals surface area contributed by atoms with Crippen molar-refractivity contribution in [3.05, 3.63) is 146 Å². The third kappa shape index (κ3) is 54.2. The van der Waals surface area contributed by atoms with Crippen LogP contribution in [-0.4, -0.2) is 66.5 Å². The second-order valence-corrected chi connectivity index (χ2v) is 19.8. The standard InChI is InChI=1S/C64H101O11P/c1-4-7-10-13-16-19-22-25-27-29-30-32-34-37-40-43-46-49-52-55-64(68)75-61(57-71-62(66)53-50-47-44-41-38-35-24-21-18-15-12-9-6-3)59-73-76(69,70)72-58-60(56-65)74-63(67)54-51-48-45-42-39-36-33-31-28-26-23-20-17-14-11-8-5-2/h8-9,11-12,16-21,25-28,30,32-33,35-36,38,42,44-45,47,60-61,65H,4-7,10,13-15,22-24,29,31,34,37,39-41,43,46,48-59H2,1-3H3,(H,69,70)/b11-8-,12-9-,19-16-,20-17-,21-18-,27-25-,28-26-,32-30-,36-33-,38-35-,45-42-,47-44-. The van der Waals surface area contributed by atoms with Gasteiger partial charge < -0.3 is 24.2 Å². The van der Waals surface area contributed by atoms with Crippen molar-refractivity contribution in [3.63, 3.8) is 0 Å². The summed E-state index contributed by atoms with van der Waals surface area (Å²) in [5, 5.41) is 9.81. The van der Waals surface area contributed by atoms with Crippen LogP contribution in [-0.2, 0) is 42.2 Å². The third-order valence-electron chi connectivity index (χ3n) is 11.2.